The molecule has 6 nitrogen and oxygen atoms in total. The fourth-order valence-electron chi connectivity index (χ4n) is 4.05. The van der Waals surface area contributed by atoms with Crippen molar-refractivity contribution in [2.24, 2.45) is 11.3 Å². The van der Waals surface area contributed by atoms with Crippen LogP contribution in [-0.2, 0) is 14.8 Å². The Morgan fingerprint density at radius 2 is 1.88 bits per heavy atom. The van der Waals surface area contributed by atoms with E-state index in [-0.39, 0.29) is 21.8 Å². The fourth-order valence-corrected chi connectivity index (χ4v) is 5.63. The monoisotopic (exact) mass is 375 g/mol. The summed E-state index contributed by atoms with van der Waals surface area (Å²) in [6.45, 7) is 6.47. The van der Waals surface area contributed by atoms with Crippen LogP contribution in [0.4, 0.5) is 0 Å². The minimum absolute atomic E-state index is 0.0717. The number of nitriles is 1. The molecule has 0 atom stereocenters. The number of rotatable bonds is 4. The standard InChI is InChI=1S/C19H25N3O3S/c1-15(2)13-21-14-19(11-18(21)23)7-9-22(10-8-19)26(24,25)17-6-4-3-5-16(17)12-20/h3-6,15H,7-11,13-14H2,1-2H3. The lowest BCUT2D eigenvalue weighted by atomic mass is 9.78. The molecule has 0 radical (unpaired) electrons. The Bertz CT molecular complexity index is 834. The van der Waals surface area contributed by atoms with E-state index in [1.54, 1.807) is 12.1 Å². The van der Waals surface area contributed by atoms with Gasteiger partial charge in [-0.05, 0) is 36.3 Å². The van der Waals surface area contributed by atoms with Gasteiger partial charge in [-0.15, -0.1) is 0 Å². The maximum absolute atomic E-state index is 12.9. The Labute approximate surface area is 155 Å². The molecule has 3 rings (SSSR count). The van der Waals surface area contributed by atoms with E-state index in [0.29, 0.717) is 38.3 Å². The summed E-state index contributed by atoms with van der Waals surface area (Å²) in [5.41, 5.74) is 0.0687. The number of benzene rings is 1. The molecule has 2 aliphatic rings. The number of hydrogen-bond acceptors (Lipinski definition) is 4. The van der Waals surface area contributed by atoms with Crippen LogP contribution in [0.5, 0.6) is 0 Å². The summed E-state index contributed by atoms with van der Waals surface area (Å²) in [6, 6.07) is 8.28. The minimum atomic E-state index is -3.68. The van der Waals surface area contributed by atoms with Crippen molar-refractivity contribution in [3.05, 3.63) is 29.8 Å². The highest BCUT2D eigenvalue weighted by Crippen LogP contribution is 2.42. The van der Waals surface area contributed by atoms with Crippen molar-refractivity contribution in [2.75, 3.05) is 26.2 Å². The van der Waals surface area contributed by atoms with E-state index in [1.807, 2.05) is 11.0 Å². The maximum atomic E-state index is 12.9. The first-order valence-electron chi connectivity index (χ1n) is 9.04. The van der Waals surface area contributed by atoms with Crippen LogP contribution >= 0.6 is 0 Å². The predicted octanol–water partition coefficient (Wildman–Crippen LogP) is 2.22. The Morgan fingerprint density at radius 3 is 2.50 bits per heavy atom. The van der Waals surface area contributed by atoms with Crippen LogP contribution in [0.1, 0.15) is 38.7 Å². The molecule has 0 unspecified atom stereocenters. The molecule has 2 fully saturated rings. The lowest BCUT2D eigenvalue weighted by Gasteiger charge is -2.38. The average molecular weight is 375 g/mol. The maximum Gasteiger partial charge on any atom is 0.244 e. The number of likely N-dealkylation sites (tertiary alicyclic amines) is 1. The van der Waals surface area contributed by atoms with E-state index >= 15 is 0 Å². The number of piperidine rings is 1. The van der Waals surface area contributed by atoms with Gasteiger partial charge in [0.25, 0.3) is 0 Å². The van der Waals surface area contributed by atoms with Gasteiger partial charge in [-0.1, -0.05) is 26.0 Å². The third-order valence-corrected chi connectivity index (χ3v) is 7.36. The van der Waals surface area contributed by atoms with Crippen molar-refractivity contribution in [2.45, 2.75) is 38.0 Å². The van der Waals surface area contributed by atoms with E-state index in [1.165, 1.54) is 16.4 Å². The molecule has 2 saturated heterocycles. The molecule has 1 amide bonds. The summed E-state index contributed by atoms with van der Waals surface area (Å²) in [5.74, 6) is 0.613. The SMILES string of the molecule is CC(C)CN1CC2(CCN(S(=O)(=O)c3ccccc3C#N)CC2)CC1=O. The minimum Gasteiger partial charge on any atom is -0.342 e. The van der Waals surface area contributed by atoms with Crippen LogP contribution in [0.2, 0.25) is 0 Å². The third-order valence-electron chi connectivity index (χ3n) is 5.40. The van der Waals surface area contributed by atoms with Gasteiger partial charge in [0, 0.05) is 32.6 Å². The van der Waals surface area contributed by atoms with Crippen LogP contribution in [0.3, 0.4) is 0 Å². The Hall–Kier alpha value is -1.91. The second kappa shape index (κ2) is 7.01. The molecule has 26 heavy (non-hydrogen) atoms. The topological polar surface area (TPSA) is 81.5 Å². The second-order valence-electron chi connectivity index (χ2n) is 7.86. The zero-order valence-electron chi connectivity index (χ0n) is 15.3. The molecule has 0 N–H and O–H groups in total. The number of hydrogen-bond donors (Lipinski definition) is 0. The van der Waals surface area contributed by atoms with Crippen LogP contribution < -0.4 is 0 Å². The molecular weight excluding hydrogens is 350 g/mol. The Kier molecular flexibility index (Phi) is 5.09. The lowest BCUT2D eigenvalue weighted by molar-refractivity contribution is -0.128. The molecule has 1 aromatic carbocycles. The highest BCUT2D eigenvalue weighted by Gasteiger charge is 2.46. The van der Waals surface area contributed by atoms with Crippen LogP contribution in [-0.4, -0.2) is 49.7 Å². The first-order valence-corrected chi connectivity index (χ1v) is 10.5. The predicted molar refractivity (Wildman–Crippen MR) is 97.6 cm³/mol. The number of carbonyl (C=O) groups excluding carboxylic acids is 1. The quantitative estimate of drug-likeness (QED) is 0.808. The molecular formula is C19H25N3O3S. The molecule has 0 aliphatic carbocycles. The molecule has 0 aromatic heterocycles. The fraction of sp³-hybridized carbons (Fsp3) is 0.579. The van der Waals surface area contributed by atoms with Gasteiger partial charge < -0.3 is 4.90 Å². The second-order valence-corrected chi connectivity index (χ2v) is 9.76. The normalized spacial score (nSPS) is 20.7. The van der Waals surface area contributed by atoms with Crippen molar-refractivity contribution in [3.8, 4) is 6.07 Å². The summed E-state index contributed by atoms with van der Waals surface area (Å²) in [5, 5.41) is 9.20. The van der Waals surface area contributed by atoms with Crippen LogP contribution in [0.25, 0.3) is 0 Å². The Morgan fingerprint density at radius 1 is 1.23 bits per heavy atom. The summed E-state index contributed by atoms with van der Waals surface area (Å²) in [6.07, 6.45) is 1.88. The van der Waals surface area contributed by atoms with Gasteiger partial charge >= 0.3 is 0 Å². The molecule has 0 saturated carbocycles. The zero-order valence-corrected chi connectivity index (χ0v) is 16.1. The number of amides is 1. The molecule has 2 heterocycles. The first-order chi connectivity index (χ1) is 12.3. The highest BCUT2D eigenvalue weighted by molar-refractivity contribution is 7.89. The number of sulfonamides is 1. The summed E-state index contributed by atoms with van der Waals surface area (Å²) >= 11 is 0. The van der Waals surface area contributed by atoms with Crippen molar-refractivity contribution in [1.29, 1.82) is 5.26 Å². The van der Waals surface area contributed by atoms with Gasteiger partial charge in [-0.3, -0.25) is 4.79 Å². The van der Waals surface area contributed by atoms with Gasteiger partial charge in [-0.25, -0.2) is 8.42 Å². The van der Waals surface area contributed by atoms with Gasteiger partial charge in [0.05, 0.1) is 10.5 Å². The summed E-state index contributed by atoms with van der Waals surface area (Å²) in [7, 11) is -3.68. The van der Waals surface area contributed by atoms with Gasteiger partial charge in [-0.2, -0.15) is 9.57 Å². The first kappa shape index (κ1) is 18.9. The number of carbonyl (C=O) groups is 1. The van der Waals surface area contributed by atoms with E-state index < -0.39 is 10.0 Å². The molecule has 1 spiro atoms. The van der Waals surface area contributed by atoms with Crippen LogP contribution in [0.15, 0.2) is 29.2 Å². The summed E-state index contributed by atoms with van der Waals surface area (Å²) < 4.78 is 27.3. The molecule has 1 aromatic rings. The highest BCUT2D eigenvalue weighted by atomic mass is 32.2. The van der Waals surface area contributed by atoms with Crippen molar-refractivity contribution in [1.82, 2.24) is 9.21 Å². The zero-order chi connectivity index (χ0) is 18.9. The molecule has 0 bridgehead atoms. The van der Waals surface area contributed by atoms with Crippen molar-refractivity contribution >= 4 is 15.9 Å². The van der Waals surface area contributed by atoms with Gasteiger partial charge in [0.2, 0.25) is 15.9 Å². The van der Waals surface area contributed by atoms with E-state index in [0.717, 1.165) is 13.1 Å². The Balaban J connectivity index is 1.73. The van der Waals surface area contributed by atoms with Crippen molar-refractivity contribution in [3.63, 3.8) is 0 Å². The molecule has 2 aliphatic heterocycles. The van der Waals surface area contributed by atoms with Gasteiger partial charge in [0.15, 0.2) is 0 Å². The van der Waals surface area contributed by atoms with Crippen LogP contribution in [0, 0.1) is 22.7 Å². The average Bonchev–Trinajstić information content (AvgIpc) is 2.89. The van der Waals surface area contributed by atoms with E-state index in [9.17, 15) is 18.5 Å². The van der Waals surface area contributed by atoms with Crippen molar-refractivity contribution < 1.29 is 13.2 Å². The van der Waals surface area contributed by atoms with E-state index in [4.69, 9.17) is 0 Å². The lowest BCUT2D eigenvalue weighted by Crippen LogP contribution is -2.44. The smallest absolute Gasteiger partial charge is 0.244 e. The largest absolute Gasteiger partial charge is 0.342 e. The molecule has 140 valence electrons. The van der Waals surface area contributed by atoms with E-state index in [2.05, 4.69) is 13.8 Å². The molecule has 7 heteroatoms. The van der Waals surface area contributed by atoms with Gasteiger partial charge in [0.1, 0.15) is 6.07 Å². The number of nitrogens with zero attached hydrogens (tertiary/aromatic N) is 3. The third kappa shape index (κ3) is 3.49. The summed E-state index contributed by atoms with van der Waals surface area (Å²) in [4.78, 5) is 14.3.